The Balaban J connectivity index is 1.52. The van der Waals surface area contributed by atoms with E-state index in [-0.39, 0.29) is 5.91 Å². The van der Waals surface area contributed by atoms with E-state index >= 15 is 0 Å². The number of hydrogen-bond donors (Lipinski definition) is 2. The fourth-order valence-electron chi connectivity index (χ4n) is 2.74. The predicted octanol–water partition coefficient (Wildman–Crippen LogP) is 4.01. The maximum atomic E-state index is 12.2. The van der Waals surface area contributed by atoms with Crippen LogP contribution in [0.4, 0.5) is 11.4 Å². The van der Waals surface area contributed by atoms with Crippen molar-refractivity contribution in [2.45, 2.75) is 6.42 Å². The van der Waals surface area contributed by atoms with Gasteiger partial charge in [0, 0.05) is 12.2 Å². The first-order valence-electron chi connectivity index (χ1n) is 8.97. The largest absolute Gasteiger partial charge is 0.493 e. The van der Waals surface area contributed by atoms with Crippen molar-refractivity contribution in [2.24, 2.45) is 0 Å². The van der Waals surface area contributed by atoms with Gasteiger partial charge in [0.25, 0.3) is 5.91 Å². The van der Waals surface area contributed by atoms with E-state index in [1.165, 1.54) is 0 Å². The fraction of sp³-hybridized carbons (Fsp3) is 0.182. The second-order valence-electron chi connectivity index (χ2n) is 6.12. The van der Waals surface area contributed by atoms with Crippen molar-refractivity contribution in [3.05, 3.63) is 78.1 Å². The van der Waals surface area contributed by atoms with Crippen LogP contribution in [0, 0.1) is 0 Å². The van der Waals surface area contributed by atoms with Gasteiger partial charge in [0.1, 0.15) is 5.69 Å². The monoisotopic (exact) mass is 377 g/mol. The van der Waals surface area contributed by atoms with Crippen molar-refractivity contribution in [1.82, 2.24) is 4.98 Å². The molecule has 1 amide bonds. The van der Waals surface area contributed by atoms with Crippen molar-refractivity contribution in [2.75, 3.05) is 31.4 Å². The minimum absolute atomic E-state index is 0.233. The van der Waals surface area contributed by atoms with Gasteiger partial charge in [-0.2, -0.15) is 0 Å². The molecule has 0 atom stereocenters. The molecule has 0 spiro atoms. The zero-order valence-corrected chi connectivity index (χ0v) is 15.9. The number of hydrogen-bond acceptors (Lipinski definition) is 5. The summed E-state index contributed by atoms with van der Waals surface area (Å²) in [6, 6.07) is 18.7. The molecule has 3 aromatic rings. The molecule has 28 heavy (non-hydrogen) atoms. The van der Waals surface area contributed by atoms with Crippen LogP contribution >= 0.6 is 0 Å². The van der Waals surface area contributed by atoms with Crippen LogP contribution in [0.5, 0.6) is 11.5 Å². The highest BCUT2D eigenvalue weighted by atomic mass is 16.5. The SMILES string of the molecule is COc1ccc(CCNc2ccc(C(=O)Nc3ccccc3)nc2)cc1OC. The van der Waals surface area contributed by atoms with Gasteiger partial charge in [0.05, 0.1) is 26.1 Å². The first-order chi connectivity index (χ1) is 13.7. The molecule has 0 aliphatic heterocycles. The molecule has 0 aliphatic rings. The molecule has 6 heteroatoms. The molecule has 0 fully saturated rings. The zero-order valence-electron chi connectivity index (χ0n) is 15.9. The standard InChI is InChI=1S/C22H23N3O3/c1-27-20-11-8-16(14-21(20)28-2)12-13-23-18-9-10-19(24-15-18)22(26)25-17-6-4-3-5-7-17/h3-11,14-15,23H,12-13H2,1-2H3,(H,25,26). The number of pyridine rings is 1. The molecule has 0 radical (unpaired) electrons. The number of anilines is 2. The Morgan fingerprint density at radius 1 is 0.929 bits per heavy atom. The van der Waals surface area contributed by atoms with Crippen molar-refractivity contribution >= 4 is 17.3 Å². The van der Waals surface area contributed by atoms with E-state index < -0.39 is 0 Å². The zero-order chi connectivity index (χ0) is 19.8. The molecule has 1 aromatic heterocycles. The molecule has 0 saturated carbocycles. The number of carbonyl (C=O) groups is 1. The van der Waals surface area contributed by atoms with Gasteiger partial charge >= 0.3 is 0 Å². The quantitative estimate of drug-likeness (QED) is 0.621. The number of para-hydroxylation sites is 1. The Hall–Kier alpha value is -3.54. The molecule has 2 N–H and O–H groups in total. The normalized spacial score (nSPS) is 10.2. The van der Waals surface area contributed by atoms with Crippen molar-refractivity contribution in [3.8, 4) is 11.5 Å². The number of rotatable bonds is 8. The second kappa shape index (κ2) is 9.41. The minimum atomic E-state index is -0.233. The number of methoxy groups -OCH3 is 2. The highest BCUT2D eigenvalue weighted by Gasteiger charge is 2.08. The fourth-order valence-corrected chi connectivity index (χ4v) is 2.74. The summed E-state index contributed by atoms with van der Waals surface area (Å²) < 4.78 is 10.6. The first-order valence-corrected chi connectivity index (χ1v) is 8.97. The molecule has 0 unspecified atom stereocenters. The minimum Gasteiger partial charge on any atom is -0.493 e. The lowest BCUT2D eigenvalue weighted by Gasteiger charge is -2.11. The van der Waals surface area contributed by atoms with Gasteiger partial charge in [0.2, 0.25) is 0 Å². The summed E-state index contributed by atoms with van der Waals surface area (Å²) in [6.45, 7) is 0.729. The number of nitrogens with zero attached hydrogens (tertiary/aromatic N) is 1. The summed E-state index contributed by atoms with van der Waals surface area (Å²) in [5.74, 6) is 1.20. The van der Waals surface area contributed by atoms with E-state index in [0.29, 0.717) is 11.4 Å². The van der Waals surface area contributed by atoms with E-state index in [9.17, 15) is 4.79 Å². The van der Waals surface area contributed by atoms with Crippen molar-refractivity contribution in [3.63, 3.8) is 0 Å². The second-order valence-corrected chi connectivity index (χ2v) is 6.12. The van der Waals surface area contributed by atoms with Crippen LogP contribution in [-0.4, -0.2) is 31.7 Å². The molecule has 0 aliphatic carbocycles. The van der Waals surface area contributed by atoms with Crippen LogP contribution in [0.2, 0.25) is 0 Å². The van der Waals surface area contributed by atoms with E-state index in [4.69, 9.17) is 9.47 Å². The van der Waals surface area contributed by atoms with Crippen LogP contribution in [0.1, 0.15) is 16.1 Å². The Morgan fingerprint density at radius 3 is 2.39 bits per heavy atom. The van der Waals surface area contributed by atoms with Gasteiger partial charge < -0.3 is 20.1 Å². The number of amides is 1. The molecule has 1 heterocycles. The highest BCUT2D eigenvalue weighted by Crippen LogP contribution is 2.27. The topological polar surface area (TPSA) is 72.5 Å². The lowest BCUT2D eigenvalue weighted by Crippen LogP contribution is -2.14. The van der Waals surface area contributed by atoms with Gasteiger partial charge in [-0.15, -0.1) is 0 Å². The Kier molecular flexibility index (Phi) is 6.46. The lowest BCUT2D eigenvalue weighted by molar-refractivity contribution is 0.102. The summed E-state index contributed by atoms with van der Waals surface area (Å²) in [7, 11) is 3.25. The van der Waals surface area contributed by atoms with E-state index in [0.717, 1.165) is 35.7 Å². The summed E-state index contributed by atoms with van der Waals surface area (Å²) in [5.41, 5.74) is 3.11. The first kappa shape index (κ1) is 19.2. The van der Waals surface area contributed by atoms with E-state index in [2.05, 4.69) is 15.6 Å². The number of benzene rings is 2. The summed E-state index contributed by atoms with van der Waals surface area (Å²) in [6.07, 6.45) is 2.48. The molecular weight excluding hydrogens is 354 g/mol. The van der Waals surface area contributed by atoms with Crippen LogP contribution < -0.4 is 20.1 Å². The van der Waals surface area contributed by atoms with E-state index in [1.54, 1.807) is 26.5 Å². The molecule has 144 valence electrons. The predicted molar refractivity (Wildman–Crippen MR) is 110 cm³/mol. The van der Waals surface area contributed by atoms with Gasteiger partial charge in [-0.05, 0) is 48.4 Å². The van der Waals surface area contributed by atoms with E-state index in [1.807, 2.05) is 54.6 Å². The van der Waals surface area contributed by atoms with Gasteiger partial charge in [-0.3, -0.25) is 4.79 Å². The Morgan fingerprint density at radius 2 is 1.71 bits per heavy atom. The molecule has 0 bridgehead atoms. The number of nitrogens with one attached hydrogen (secondary N) is 2. The van der Waals surface area contributed by atoms with Gasteiger partial charge in [-0.25, -0.2) is 4.98 Å². The lowest BCUT2D eigenvalue weighted by atomic mass is 10.1. The third-order valence-electron chi connectivity index (χ3n) is 4.22. The third kappa shape index (κ3) is 5.01. The smallest absolute Gasteiger partial charge is 0.274 e. The number of aromatic nitrogens is 1. The average molecular weight is 377 g/mol. The molecule has 6 nitrogen and oxygen atoms in total. The maximum Gasteiger partial charge on any atom is 0.274 e. The summed E-state index contributed by atoms with van der Waals surface area (Å²) in [4.78, 5) is 16.5. The van der Waals surface area contributed by atoms with Crippen molar-refractivity contribution in [1.29, 1.82) is 0 Å². The van der Waals surface area contributed by atoms with Crippen LogP contribution in [0.3, 0.4) is 0 Å². The van der Waals surface area contributed by atoms with Crippen molar-refractivity contribution < 1.29 is 14.3 Å². The Labute approximate surface area is 164 Å². The van der Waals surface area contributed by atoms with Crippen LogP contribution in [-0.2, 0) is 6.42 Å². The third-order valence-corrected chi connectivity index (χ3v) is 4.22. The molecule has 3 rings (SSSR count). The highest BCUT2D eigenvalue weighted by molar-refractivity contribution is 6.02. The molecular formula is C22H23N3O3. The number of carbonyl (C=O) groups excluding carboxylic acids is 1. The van der Waals surface area contributed by atoms with Crippen LogP contribution in [0.25, 0.3) is 0 Å². The van der Waals surface area contributed by atoms with Crippen LogP contribution in [0.15, 0.2) is 66.9 Å². The maximum absolute atomic E-state index is 12.2. The van der Waals surface area contributed by atoms with Gasteiger partial charge in [-0.1, -0.05) is 24.3 Å². The summed E-state index contributed by atoms with van der Waals surface area (Å²) >= 11 is 0. The summed E-state index contributed by atoms with van der Waals surface area (Å²) in [5, 5.41) is 6.13. The number of ether oxygens (including phenoxy) is 2. The molecule has 2 aromatic carbocycles. The Bertz CT molecular complexity index is 912. The average Bonchev–Trinajstić information content (AvgIpc) is 2.74. The van der Waals surface area contributed by atoms with Gasteiger partial charge in [0.15, 0.2) is 11.5 Å². The molecule has 0 saturated heterocycles.